The molecule has 0 saturated carbocycles. The predicted molar refractivity (Wildman–Crippen MR) is 74.4 cm³/mol. The summed E-state index contributed by atoms with van der Waals surface area (Å²) in [7, 11) is 0. The van der Waals surface area contributed by atoms with Gasteiger partial charge in [-0.05, 0) is 33.3 Å². The van der Waals surface area contributed by atoms with Crippen molar-refractivity contribution >= 4 is 11.6 Å². The van der Waals surface area contributed by atoms with Gasteiger partial charge >= 0.3 is 0 Å². The van der Waals surface area contributed by atoms with Gasteiger partial charge in [0, 0.05) is 25.0 Å². The molecule has 2 N–H and O–H groups in total. The first-order valence-corrected chi connectivity index (χ1v) is 6.65. The molecule has 1 fully saturated rings. The van der Waals surface area contributed by atoms with Crippen molar-refractivity contribution in [3.05, 3.63) is 23.5 Å². The maximum Gasteiger partial charge on any atom is 0.255 e. The molecule has 5 heteroatoms. The van der Waals surface area contributed by atoms with Crippen LogP contribution in [0, 0.1) is 6.92 Å². The van der Waals surface area contributed by atoms with Crippen LogP contribution in [0.2, 0.25) is 0 Å². The van der Waals surface area contributed by atoms with Crippen LogP contribution in [0.25, 0.3) is 0 Å². The number of hydrogen-bond acceptors (Lipinski definition) is 4. The van der Waals surface area contributed by atoms with Crippen molar-refractivity contribution in [3.8, 4) is 0 Å². The molecule has 0 radical (unpaired) electrons. The van der Waals surface area contributed by atoms with Gasteiger partial charge in [0.15, 0.2) is 0 Å². The number of nitrogens with zero attached hydrogens (tertiary/aromatic N) is 1. The molecular formula is C14H21N3O2. The van der Waals surface area contributed by atoms with Crippen molar-refractivity contribution < 1.29 is 9.53 Å². The number of rotatable bonds is 4. The fraction of sp³-hybridized carbons (Fsp3) is 0.571. The molecule has 1 aromatic heterocycles. The Kier molecular flexibility index (Phi) is 4.04. The summed E-state index contributed by atoms with van der Waals surface area (Å²) in [6.07, 6.45) is 2.47. The van der Waals surface area contributed by atoms with Crippen molar-refractivity contribution in [2.45, 2.75) is 32.7 Å². The molecule has 1 aliphatic rings. The van der Waals surface area contributed by atoms with Gasteiger partial charge in [-0.3, -0.25) is 9.78 Å². The first kappa shape index (κ1) is 13.8. The number of pyridine rings is 1. The van der Waals surface area contributed by atoms with Crippen LogP contribution in [-0.4, -0.2) is 36.2 Å². The summed E-state index contributed by atoms with van der Waals surface area (Å²) in [5.41, 5.74) is 2.03. The van der Waals surface area contributed by atoms with E-state index in [1.165, 1.54) is 0 Å². The summed E-state index contributed by atoms with van der Waals surface area (Å²) in [6.45, 7) is 7.95. The van der Waals surface area contributed by atoms with E-state index in [1.807, 2.05) is 26.8 Å². The van der Waals surface area contributed by atoms with Gasteiger partial charge in [0.05, 0.1) is 23.4 Å². The summed E-state index contributed by atoms with van der Waals surface area (Å²) < 4.78 is 5.35. The lowest BCUT2D eigenvalue weighted by molar-refractivity contribution is 0.0890. The smallest absolute Gasteiger partial charge is 0.255 e. The number of nitrogens with one attached hydrogen (secondary N) is 2. The number of carbonyl (C=O) groups is 1. The maximum absolute atomic E-state index is 12.4. The van der Waals surface area contributed by atoms with E-state index in [0.29, 0.717) is 18.8 Å². The fourth-order valence-corrected chi connectivity index (χ4v) is 2.18. The van der Waals surface area contributed by atoms with Gasteiger partial charge < -0.3 is 15.4 Å². The first-order chi connectivity index (χ1) is 9.04. The zero-order valence-electron chi connectivity index (χ0n) is 11.7. The van der Waals surface area contributed by atoms with Crippen molar-refractivity contribution in [2.75, 3.05) is 25.1 Å². The molecule has 0 aromatic carbocycles. The third-order valence-electron chi connectivity index (χ3n) is 3.29. The quantitative estimate of drug-likeness (QED) is 0.868. The average Bonchev–Trinajstić information content (AvgIpc) is 2.76. The van der Waals surface area contributed by atoms with Gasteiger partial charge in [0.2, 0.25) is 0 Å². The molecule has 1 saturated heterocycles. The number of aromatic nitrogens is 1. The molecule has 1 atom stereocenters. The molecule has 2 heterocycles. The maximum atomic E-state index is 12.4. The van der Waals surface area contributed by atoms with Crippen LogP contribution >= 0.6 is 0 Å². The standard InChI is InChI=1S/C14H21N3O2/c1-4-15-12-7-10(2)16-8-11(12)13(18)17-14(3)5-6-19-9-14/h7-8H,4-6,9H2,1-3H3,(H,15,16)(H,17,18). The Hall–Kier alpha value is -1.62. The zero-order chi connectivity index (χ0) is 13.9. The van der Waals surface area contributed by atoms with Crippen molar-refractivity contribution in [3.63, 3.8) is 0 Å². The fourth-order valence-electron chi connectivity index (χ4n) is 2.18. The highest BCUT2D eigenvalue weighted by Gasteiger charge is 2.32. The Balaban J connectivity index is 2.18. The lowest BCUT2D eigenvalue weighted by atomic mass is 10.0. The van der Waals surface area contributed by atoms with E-state index in [4.69, 9.17) is 4.74 Å². The van der Waals surface area contributed by atoms with Crippen LogP contribution in [0.4, 0.5) is 5.69 Å². The number of carbonyl (C=O) groups excluding carboxylic acids is 1. The zero-order valence-corrected chi connectivity index (χ0v) is 11.7. The molecule has 0 aliphatic carbocycles. The predicted octanol–water partition coefficient (Wildman–Crippen LogP) is 1.73. The number of amides is 1. The molecule has 1 unspecified atom stereocenters. The minimum atomic E-state index is -0.272. The Morgan fingerprint density at radius 2 is 2.37 bits per heavy atom. The monoisotopic (exact) mass is 263 g/mol. The third-order valence-corrected chi connectivity index (χ3v) is 3.29. The number of aryl methyl sites for hydroxylation is 1. The second-order valence-corrected chi connectivity index (χ2v) is 5.22. The minimum absolute atomic E-state index is 0.101. The van der Waals surface area contributed by atoms with Gasteiger partial charge in [-0.2, -0.15) is 0 Å². The summed E-state index contributed by atoms with van der Waals surface area (Å²) in [6, 6.07) is 1.89. The minimum Gasteiger partial charge on any atom is -0.385 e. The molecule has 1 aromatic rings. The van der Waals surface area contributed by atoms with E-state index in [0.717, 1.165) is 24.3 Å². The second kappa shape index (κ2) is 5.57. The van der Waals surface area contributed by atoms with E-state index in [-0.39, 0.29) is 11.4 Å². The number of ether oxygens (including phenoxy) is 1. The molecule has 0 bridgehead atoms. The van der Waals surface area contributed by atoms with Crippen LogP contribution in [0.3, 0.4) is 0 Å². The topological polar surface area (TPSA) is 63.2 Å². The largest absolute Gasteiger partial charge is 0.385 e. The lowest BCUT2D eigenvalue weighted by Gasteiger charge is -2.24. The molecule has 5 nitrogen and oxygen atoms in total. The van der Waals surface area contributed by atoms with E-state index >= 15 is 0 Å². The van der Waals surface area contributed by atoms with E-state index in [2.05, 4.69) is 15.6 Å². The summed E-state index contributed by atoms with van der Waals surface area (Å²) >= 11 is 0. The van der Waals surface area contributed by atoms with Gasteiger partial charge in [0.25, 0.3) is 5.91 Å². The Bertz CT molecular complexity index is 468. The van der Waals surface area contributed by atoms with E-state index in [9.17, 15) is 4.79 Å². The third kappa shape index (κ3) is 3.23. The van der Waals surface area contributed by atoms with Crippen LogP contribution < -0.4 is 10.6 Å². The summed E-state index contributed by atoms with van der Waals surface area (Å²) in [4.78, 5) is 16.6. The second-order valence-electron chi connectivity index (χ2n) is 5.22. The summed E-state index contributed by atoms with van der Waals surface area (Å²) in [5.74, 6) is -0.101. The first-order valence-electron chi connectivity index (χ1n) is 6.65. The highest BCUT2D eigenvalue weighted by atomic mass is 16.5. The average molecular weight is 263 g/mol. The van der Waals surface area contributed by atoms with Crippen LogP contribution in [0.1, 0.15) is 36.3 Å². The Morgan fingerprint density at radius 1 is 1.58 bits per heavy atom. The van der Waals surface area contributed by atoms with Crippen molar-refractivity contribution in [1.82, 2.24) is 10.3 Å². The normalized spacial score (nSPS) is 22.3. The Morgan fingerprint density at radius 3 is 3.00 bits per heavy atom. The summed E-state index contributed by atoms with van der Waals surface area (Å²) in [5, 5.41) is 6.25. The van der Waals surface area contributed by atoms with E-state index in [1.54, 1.807) is 6.20 Å². The van der Waals surface area contributed by atoms with Crippen LogP contribution in [0.5, 0.6) is 0 Å². The molecule has 2 rings (SSSR count). The van der Waals surface area contributed by atoms with Gasteiger partial charge in [0.1, 0.15) is 0 Å². The molecule has 0 spiro atoms. The molecule has 104 valence electrons. The number of hydrogen-bond donors (Lipinski definition) is 2. The highest BCUT2D eigenvalue weighted by molar-refractivity contribution is 5.99. The number of anilines is 1. The van der Waals surface area contributed by atoms with Gasteiger partial charge in [-0.1, -0.05) is 0 Å². The van der Waals surface area contributed by atoms with Gasteiger partial charge in [-0.15, -0.1) is 0 Å². The Labute approximate surface area is 113 Å². The van der Waals surface area contributed by atoms with Crippen LogP contribution in [0.15, 0.2) is 12.3 Å². The highest BCUT2D eigenvalue weighted by Crippen LogP contribution is 2.21. The van der Waals surface area contributed by atoms with Crippen LogP contribution in [-0.2, 0) is 4.74 Å². The molecular weight excluding hydrogens is 242 g/mol. The van der Waals surface area contributed by atoms with Gasteiger partial charge in [-0.25, -0.2) is 0 Å². The van der Waals surface area contributed by atoms with E-state index < -0.39 is 0 Å². The molecule has 1 amide bonds. The lowest BCUT2D eigenvalue weighted by Crippen LogP contribution is -2.46. The SMILES string of the molecule is CCNc1cc(C)ncc1C(=O)NC1(C)CCOC1. The molecule has 1 aliphatic heterocycles. The molecule has 19 heavy (non-hydrogen) atoms. The van der Waals surface area contributed by atoms with Crippen molar-refractivity contribution in [2.24, 2.45) is 0 Å². The van der Waals surface area contributed by atoms with Crippen molar-refractivity contribution in [1.29, 1.82) is 0 Å².